The molecule has 2 N–H and O–H groups in total. The summed E-state index contributed by atoms with van der Waals surface area (Å²) in [5.74, 6) is -4.31. The summed E-state index contributed by atoms with van der Waals surface area (Å²) >= 11 is 0. The van der Waals surface area contributed by atoms with Crippen LogP contribution in [0.1, 0.15) is 25.5 Å². The van der Waals surface area contributed by atoms with Gasteiger partial charge in [-0.15, -0.1) is 13.2 Å². The van der Waals surface area contributed by atoms with E-state index in [9.17, 15) is 40.6 Å². The molecule has 4 rings (SSSR count). The van der Waals surface area contributed by atoms with Crippen molar-refractivity contribution in [3.63, 3.8) is 0 Å². The highest BCUT2D eigenvalue weighted by Gasteiger charge is 2.32. The SMILES string of the molecule is CC1=CC(c2cnc3c(NCCC(F)(F)F)cc(Oc4ccc(OC(F)(F)F)c(F)c4)cn23)=CCC1C(=O)O. The van der Waals surface area contributed by atoms with Gasteiger partial charge in [-0.05, 0) is 31.1 Å². The molecular weight excluding hydrogens is 539 g/mol. The van der Waals surface area contributed by atoms with Gasteiger partial charge < -0.3 is 19.9 Å². The molecule has 0 saturated heterocycles. The van der Waals surface area contributed by atoms with Crippen molar-refractivity contribution in [1.82, 2.24) is 9.38 Å². The van der Waals surface area contributed by atoms with E-state index in [1.165, 1.54) is 22.9 Å². The molecule has 0 bridgehead atoms. The molecule has 3 aromatic rings. The van der Waals surface area contributed by atoms with Crippen molar-refractivity contribution in [2.24, 2.45) is 5.92 Å². The van der Waals surface area contributed by atoms with Crippen LogP contribution in [0.5, 0.6) is 17.2 Å². The minimum atomic E-state index is -5.10. The zero-order valence-electron chi connectivity index (χ0n) is 20.0. The molecule has 0 amide bonds. The van der Waals surface area contributed by atoms with Crippen molar-refractivity contribution in [3.05, 3.63) is 65.9 Å². The Bertz CT molecular complexity index is 1460. The number of rotatable bonds is 8. The van der Waals surface area contributed by atoms with Gasteiger partial charge in [0.2, 0.25) is 0 Å². The summed E-state index contributed by atoms with van der Waals surface area (Å²) in [6.07, 6.45) is -4.25. The van der Waals surface area contributed by atoms with Gasteiger partial charge in [0.25, 0.3) is 0 Å². The Balaban J connectivity index is 1.70. The van der Waals surface area contributed by atoms with Crippen LogP contribution < -0.4 is 14.8 Å². The molecular formula is C25H20F7N3O4. The smallest absolute Gasteiger partial charge is 0.481 e. The number of ether oxygens (including phenoxy) is 2. The van der Waals surface area contributed by atoms with Crippen LogP contribution in [0.15, 0.2) is 54.4 Å². The van der Waals surface area contributed by atoms with Crippen LogP contribution in [0.25, 0.3) is 11.2 Å². The monoisotopic (exact) mass is 559 g/mol. The number of fused-ring (bicyclic) bond motifs is 1. The maximum absolute atomic E-state index is 14.2. The first-order valence-corrected chi connectivity index (χ1v) is 11.4. The summed E-state index contributed by atoms with van der Waals surface area (Å²) in [4.78, 5) is 15.7. The van der Waals surface area contributed by atoms with Crippen molar-refractivity contribution in [3.8, 4) is 17.2 Å². The molecule has 2 aromatic heterocycles. The van der Waals surface area contributed by atoms with Gasteiger partial charge in [0.1, 0.15) is 11.5 Å². The number of nitrogens with one attached hydrogen (secondary N) is 1. The van der Waals surface area contributed by atoms with E-state index in [1.54, 1.807) is 19.1 Å². The van der Waals surface area contributed by atoms with Crippen LogP contribution in [-0.4, -0.2) is 39.5 Å². The molecule has 1 aliphatic rings. The Morgan fingerprint density at radius 2 is 1.92 bits per heavy atom. The lowest BCUT2D eigenvalue weighted by Crippen LogP contribution is -2.17. The standard InChI is InChI=1S/C25H20F7N3O4/c1-13-8-14(2-4-17(13)23(36)37)20-11-34-22-19(33-7-6-24(27,28)29)10-16(12-35(20)22)38-15-3-5-21(18(26)9-15)39-25(30,31)32/h2-3,5,8-12,17,33H,4,6-7H2,1H3,(H,36,37). The fourth-order valence-corrected chi connectivity index (χ4v) is 4.00. The van der Waals surface area contributed by atoms with Crippen molar-refractivity contribution in [2.75, 3.05) is 11.9 Å². The van der Waals surface area contributed by atoms with Gasteiger partial charge in [-0.2, -0.15) is 13.2 Å². The minimum Gasteiger partial charge on any atom is -0.481 e. The molecule has 208 valence electrons. The zero-order chi connectivity index (χ0) is 28.5. The lowest BCUT2D eigenvalue weighted by atomic mass is 9.89. The molecule has 39 heavy (non-hydrogen) atoms. The van der Waals surface area contributed by atoms with E-state index in [4.69, 9.17) is 4.74 Å². The molecule has 0 fully saturated rings. The van der Waals surface area contributed by atoms with Crippen molar-refractivity contribution < 1.29 is 50.1 Å². The van der Waals surface area contributed by atoms with Gasteiger partial charge in [0.15, 0.2) is 17.2 Å². The molecule has 14 heteroatoms. The van der Waals surface area contributed by atoms with Gasteiger partial charge in [0, 0.05) is 18.7 Å². The number of halogens is 7. The van der Waals surface area contributed by atoms with Crippen LogP contribution in [0.3, 0.4) is 0 Å². The van der Waals surface area contributed by atoms with E-state index in [2.05, 4.69) is 15.0 Å². The number of hydrogen-bond donors (Lipinski definition) is 2. The van der Waals surface area contributed by atoms with Crippen molar-refractivity contribution in [2.45, 2.75) is 32.3 Å². The third-order valence-corrected chi connectivity index (χ3v) is 5.77. The number of allylic oxidation sites excluding steroid dienone is 3. The van der Waals surface area contributed by atoms with Crippen LogP contribution >= 0.6 is 0 Å². The fraction of sp³-hybridized carbons (Fsp3) is 0.280. The highest BCUT2D eigenvalue weighted by Crippen LogP contribution is 2.35. The number of carboxylic acids is 1. The van der Waals surface area contributed by atoms with E-state index in [0.717, 1.165) is 12.1 Å². The normalized spacial score (nSPS) is 16.1. The van der Waals surface area contributed by atoms with E-state index < -0.39 is 49.0 Å². The molecule has 2 heterocycles. The second-order valence-electron chi connectivity index (χ2n) is 8.63. The van der Waals surface area contributed by atoms with Crippen LogP contribution in [0.2, 0.25) is 0 Å². The summed E-state index contributed by atoms with van der Waals surface area (Å²) in [7, 11) is 0. The maximum Gasteiger partial charge on any atom is 0.573 e. The Kier molecular flexibility index (Phi) is 7.48. The Labute approximate surface area is 216 Å². The van der Waals surface area contributed by atoms with Crippen molar-refractivity contribution >= 4 is 22.9 Å². The fourth-order valence-electron chi connectivity index (χ4n) is 4.00. The molecule has 7 nitrogen and oxygen atoms in total. The first-order valence-electron chi connectivity index (χ1n) is 11.4. The van der Waals surface area contributed by atoms with Gasteiger partial charge >= 0.3 is 18.5 Å². The third-order valence-electron chi connectivity index (χ3n) is 5.77. The average Bonchev–Trinajstić information content (AvgIpc) is 3.23. The van der Waals surface area contributed by atoms with Crippen molar-refractivity contribution in [1.29, 1.82) is 0 Å². The number of alkyl halides is 6. The van der Waals surface area contributed by atoms with E-state index in [-0.39, 0.29) is 29.3 Å². The Hall–Kier alpha value is -4.23. The van der Waals surface area contributed by atoms with Gasteiger partial charge in [-0.1, -0.05) is 17.7 Å². The third kappa shape index (κ3) is 6.81. The Morgan fingerprint density at radius 1 is 1.18 bits per heavy atom. The first-order chi connectivity index (χ1) is 18.2. The molecule has 0 saturated carbocycles. The van der Waals surface area contributed by atoms with Crippen LogP contribution in [-0.2, 0) is 4.79 Å². The Morgan fingerprint density at radius 3 is 2.54 bits per heavy atom. The summed E-state index contributed by atoms with van der Waals surface area (Å²) in [5.41, 5.74) is 2.03. The number of benzene rings is 1. The summed E-state index contributed by atoms with van der Waals surface area (Å²) in [6.45, 7) is 1.17. The quantitative estimate of drug-likeness (QED) is 0.290. The largest absolute Gasteiger partial charge is 0.573 e. The number of carboxylic acid groups (broad SMARTS) is 1. The number of pyridine rings is 1. The van der Waals surface area contributed by atoms with Gasteiger partial charge in [0.05, 0.1) is 36.1 Å². The van der Waals surface area contributed by atoms with E-state index in [0.29, 0.717) is 22.9 Å². The first kappa shape index (κ1) is 27.8. The molecule has 0 radical (unpaired) electrons. The summed E-state index contributed by atoms with van der Waals surface area (Å²) in [6, 6.07) is 3.73. The summed E-state index contributed by atoms with van der Waals surface area (Å²) < 4.78 is 100. The maximum atomic E-state index is 14.2. The average molecular weight is 559 g/mol. The predicted octanol–water partition coefficient (Wildman–Crippen LogP) is 6.96. The lowest BCUT2D eigenvalue weighted by molar-refractivity contribution is -0.275. The van der Waals surface area contributed by atoms with E-state index in [1.807, 2.05) is 0 Å². The molecule has 0 spiro atoms. The van der Waals surface area contributed by atoms with E-state index >= 15 is 0 Å². The van der Waals surface area contributed by atoms with Crippen LogP contribution in [0, 0.1) is 11.7 Å². The number of hydrogen-bond acceptors (Lipinski definition) is 5. The number of nitrogens with zero attached hydrogens (tertiary/aromatic N) is 2. The molecule has 1 aromatic carbocycles. The highest BCUT2D eigenvalue weighted by molar-refractivity contribution is 5.83. The second-order valence-corrected chi connectivity index (χ2v) is 8.63. The molecule has 1 atom stereocenters. The number of carbonyl (C=O) groups is 1. The van der Waals surface area contributed by atoms with Crippen LogP contribution in [0.4, 0.5) is 36.4 Å². The molecule has 0 aliphatic heterocycles. The lowest BCUT2D eigenvalue weighted by Gasteiger charge is -2.18. The number of imidazole rings is 1. The number of aliphatic carboxylic acids is 1. The number of aromatic nitrogens is 2. The predicted molar refractivity (Wildman–Crippen MR) is 125 cm³/mol. The van der Waals surface area contributed by atoms with Gasteiger partial charge in [-0.3, -0.25) is 9.20 Å². The topological polar surface area (TPSA) is 85.1 Å². The highest BCUT2D eigenvalue weighted by atomic mass is 19.4. The minimum absolute atomic E-state index is 0.000622. The zero-order valence-corrected chi connectivity index (χ0v) is 20.0. The van der Waals surface area contributed by atoms with Gasteiger partial charge in [-0.25, -0.2) is 9.37 Å². The number of anilines is 1. The molecule has 1 unspecified atom stereocenters. The second kappa shape index (κ2) is 10.5. The summed E-state index contributed by atoms with van der Waals surface area (Å²) in [5, 5.41) is 12.0. The molecule has 1 aliphatic carbocycles.